The fourth-order valence-corrected chi connectivity index (χ4v) is 2.29. The van der Waals surface area contributed by atoms with Gasteiger partial charge in [0.15, 0.2) is 0 Å². The maximum atomic E-state index is 10.6. The molecule has 1 aromatic heterocycles. The van der Waals surface area contributed by atoms with Crippen LogP contribution in [0.15, 0.2) is 12.4 Å². The van der Waals surface area contributed by atoms with Crippen LogP contribution < -0.4 is 5.32 Å². The number of nitrogens with one attached hydrogen (secondary N) is 1. The smallest absolute Gasteiger partial charge is 0.303 e. The van der Waals surface area contributed by atoms with Crippen LogP contribution in [0.4, 0.5) is 5.95 Å². The molecule has 0 aliphatic heterocycles. The lowest BCUT2D eigenvalue weighted by molar-refractivity contribution is -0.137. The zero-order chi connectivity index (χ0) is 14.1. The summed E-state index contributed by atoms with van der Waals surface area (Å²) in [6, 6.07) is 0. The minimum Gasteiger partial charge on any atom is -0.481 e. The van der Waals surface area contributed by atoms with Crippen LogP contribution in [0.3, 0.4) is 0 Å². The number of carboxylic acids is 1. The second kappa shape index (κ2) is 8.56. The molecule has 0 aromatic carbocycles. The van der Waals surface area contributed by atoms with Crippen LogP contribution in [0.2, 0.25) is 0 Å². The quantitative estimate of drug-likeness (QED) is 0.684. The van der Waals surface area contributed by atoms with Crippen LogP contribution >= 0.6 is 0 Å². The number of aryl methyl sites for hydroxylation is 1. The molecule has 1 unspecified atom stereocenters. The summed E-state index contributed by atoms with van der Waals surface area (Å²) in [5.41, 5.74) is 0. The highest BCUT2D eigenvalue weighted by Gasteiger charge is 2.10. The monoisotopic (exact) mass is 267 g/mol. The van der Waals surface area contributed by atoms with Crippen LogP contribution in [0.5, 0.6) is 0 Å². The minimum absolute atomic E-state index is 0.272. The van der Waals surface area contributed by atoms with E-state index in [0.717, 1.165) is 44.7 Å². The van der Waals surface area contributed by atoms with Crippen molar-refractivity contribution in [2.75, 3.05) is 11.9 Å². The molecule has 19 heavy (non-hydrogen) atoms. The number of aromatic nitrogens is 2. The standard InChI is InChI=1S/C14H25N3O2/c1-3-5-12(6-7-13(18)19)8-9-15-14-16-10-11-17(14)4-2/h10-12H,3-9H2,1-2H3,(H,15,16)(H,18,19). The number of hydrogen-bond donors (Lipinski definition) is 2. The van der Waals surface area contributed by atoms with Gasteiger partial charge in [-0.3, -0.25) is 4.79 Å². The van der Waals surface area contributed by atoms with Crippen molar-refractivity contribution in [3.63, 3.8) is 0 Å². The van der Waals surface area contributed by atoms with E-state index >= 15 is 0 Å². The summed E-state index contributed by atoms with van der Waals surface area (Å²) < 4.78 is 2.06. The van der Waals surface area contributed by atoms with Gasteiger partial charge in [0.05, 0.1) is 0 Å². The Kier molecular flexibility index (Phi) is 7.00. The molecular weight excluding hydrogens is 242 g/mol. The molecule has 0 radical (unpaired) electrons. The third-order valence-electron chi connectivity index (χ3n) is 3.36. The molecule has 0 saturated carbocycles. The molecule has 1 heterocycles. The summed E-state index contributed by atoms with van der Waals surface area (Å²) >= 11 is 0. The highest BCUT2D eigenvalue weighted by molar-refractivity contribution is 5.66. The minimum atomic E-state index is -0.699. The van der Waals surface area contributed by atoms with Crippen molar-refractivity contribution in [2.45, 2.75) is 52.5 Å². The highest BCUT2D eigenvalue weighted by Crippen LogP contribution is 2.18. The Labute approximate surface area is 115 Å². The fourth-order valence-electron chi connectivity index (χ4n) is 2.29. The topological polar surface area (TPSA) is 67.2 Å². The van der Waals surface area contributed by atoms with Crippen LogP contribution in [0.25, 0.3) is 0 Å². The van der Waals surface area contributed by atoms with Gasteiger partial charge in [-0.2, -0.15) is 0 Å². The van der Waals surface area contributed by atoms with E-state index in [2.05, 4.69) is 28.7 Å². The van der Waals surface area contributed by atoms with Gasteiger partial charge >= 0.3 is 5.97 Å². The number of imidazole rings is 1. The molecule has 1 aromatic rings. The summed E-state index contributed by atoms with van der Waals surface area (Å²) in [6.45, 7) is 5.98. The first-order valence-electron chi connectivity index (χ1n) is 7.14. The Bertz CT molecular complexity index is 377. The van der Waals surface area contributed by atoms with Crippen LogP contribution in [-0.4, -0.2) is 27.2 Å². The lowest BCUT2D eigenvalue weighted by Crippen LogP contribution is -2.13. The summed E-state index contributed by atoms with van der Waals surface area (Å²) in [5, 5.41) is 12.1. The average molecular weight is 267 g/mol. The number of carboxylic acid groups (broad SMARTS) is 1. The summed E-state index contributed by atoms with van der Waals surface area (Å²) in [4.78, 5) is 14.9. The molecule has 0 bridgehead atoms. The molecule has 5 heteroatoms. The van der Waals surface area contributed by atoms with Crippen molar-refractivity contribution in [1.29, 1.82) is 0 Å². The molecule has 1 rings (SSSR count). The van der Waals surface area contributed by atoms with Gasteiger partial charge in [-0.1, -0.05) is 19.8 Å². The van der Waals surface area contributed by atoms with Crippen molar-refractivity contribution in [1.82, 2.24) is 9.55 Å². The van der Waals surface area contributed by atoms with Crippen molar-refractivity contribution in [3.05, 3.63) is 12.4 Å². The number of carbonyl (C=O) groups is 1. The van der Waals surface area contributed by atoms with E-state index in [1.165, 1.54) is 0 Å². The van der Waals surface area contributed by atoms with E-state index in [-0.39, 0.29) is 6.42 Å². The Morgan fingerprint density at radius 2 is 2.21 bits per heavy atom. The van der Waals surface area contributed by atoms with Crippen LogP contribution in [-0.2, 0) is 11.3 Å². The van der Waals surface area contributed by atoms with Gasteiger partial charge in [0.2, 0.25) is 5.95 Å². The largest absolute Gasteiger partial charge is 0.481 e. The average Bonchev–Trinajstić information content (AvgIpc) is 2.83. The predicted molar refractivity (Wildman–Crippen MR) is 76.3 cm³/mol. The second-order valence-electron chi connectivity index (χ2n) is 4.84. The zero-order valence-electron chi connectivity index (χ0n) is 11.9. The van der Waals surface area contributed by atoms with E-state index in [1.807, 2.05) is 6.20 Å². The SMILES string of the molecule is CCCC(CCNc1nccn1CC)CCC(=O)O. The second-order valence-corrected chi connectivity index (χ2v) is 4.84. The van der Waals surface area contributed by atoms with E-state index in [9.17, 15) is 4.79 Å². The van der Waals surface area contributed by atoms with Crippen molar-refractivity contribution in [3.8, 4) is 0 Å². The predicted octanol–water partition coefficient (Wildman–Crippen LogP) is 2.99. The van der Waals surface area contributed by atoms with Gasteiger partial charge in [0, 0.05) is 31.9 Å². The summed E-state index contributed by atoms with van der Waals surface area (Å²) in [7, 11) is 0. The molecule has 108 valence electrons. The Morgan fingerprint density at radius 1 is 1.42 bits per heavy atom. The molecular formula is C14H25N3O2. The molecule has 0 aliphatic carbocycles. The number of rotatable bonds is 10. The van der Waals surface area contributed by atoms with E-state index < -0.39 is 5.97 Å². The fraction of sp³-hybridized carbons (Fsp3) is 0.714. The number of hydrogen-bond acceptors (Lipinski definition) is 3. The van der Waals surface area contributed by atoms with Crippen molar-refractivity contribution < 1.29 is 9.90 Å². The molecule has 0 amide bonds. The maximum Gasteiger partial charge on any atom is 0.303 e. The van der Waals surface area contributed by atoms with Gasteiger partial charge in [-0.15, -0.1) is 0 Å². The summed E-state index contributed by atoms with van der Waals surface area (Å²) in [5.74, 6) is 0.685. The van der Waals surface area contributed by atoms with E-state index in [0.29, 0.717) is 5.92 Å². The lowest BCUT2D eigenvalue weighted by atomic mass is 9.94. The molecule has 0 aliphatic rings. The van der Waals surface area contributed by atoms with Crippen molar-refractivity contribution in [2.24, 2.45) is 5.92 Å². The molecule has 2 N–H and O–H groups in total. The maximum absolute atomic E-state index is 10.6. The third kappa shape index (κ3) is 5.77. The third-order valence-corrected chi connectivity index (χ3v) is 3.36. The molecule has 0 spiro atoms. The summed E-state index contributed by atoms with van der Waals surface area (Å²) in [6.07, 6.45) is 7.99. The number of nitrogens with zero attached hydrogens (tertiary/aromatic N) is 2. The molecule has 0 saturated heterocycles. The van der Waals surface area contributed by atoms with Gasteiger partial charge in [0.1, 0.15) is 0 Å². The number of aliphatic carboxylic acids is 1. The lowest BCUT2D eigenvalue weighted by Gasteiger charge is -2.16. The normalized spacial score (nSPS) is 12.3. The first-order valence-corrected chi connectivity index (χ1v) is 7.14. The Balaban J connectivity index is 2.33. The van der Waals surface area contributed by atoms with Crippen molar-refractivity contribution >= 4 is 11.9 Å². The Morgan fingerprint density at radius 3 is 2.84 bits per heavy atom. The van der Waals surface area contributed by atoms with E-state index in [1.54, 1.807) is 6.20 Å². The first kappa shape index (κ1) is 15.5. The zero-order valence-corrected chi connectivity index (χ0v) is 11.9. The molecule has 1 atom stereocenters. The number of anilines is 1. The van der Waals surface area contributed by atoms with Gasteiger partial charge < -0.3 is 15.0 Å². The van der Waals surface area contributed by atoms with Gasteiger partial charge in [-0.25, -0.2) is 4.98 Å². The van der Waals surface area contributed by atoms with Gasteiger partial charge in [-0.05, 0) is 25.7 Å². The van der Waals surface area contributed by atoms with Crippen LogP contribution in [0.1, 0.15) is 46.0 Å². The van der Waals surface area contributed by atoms with Crippen LogP contribution in [0, 0.1) is 5.92 Å². The van der Waals surface area contributed by atoms with Gasteiger partial charge in [0.25, 0.3) is 0 Å². The molecule has 0 fully saturated rings. The Hall–Kier alpha value is -1.52. The van der Waals surface area contributed by atoms with E-state index in [4.69, 9.17) is 5.11 Å². The highest BCUT2D eigenvalue weighted by atomic mass is 16.4. The molecule has 5 nitrogen and oxygen atoms in total. The first-order chi connectivity index (χ1) is 9.17.